The molecule has 1 heterocycles. The fourth-order valence-electron chi connectivity index (χ4n) is 2.01. The molecule has 0 atom stereocenters. The highest BCUT2D eigenvalue weighted by atomic mass is 16.6. The van der Waals surface area contributed by atoms with Crippen LogP contribution >= 0.6 is 0 Å². The largest absolute Gasteiger partial charge is 0.449 e. The van der Waals surface area contributed by atoms with Gasteiger partial charge in [0, 0.05) is 6.61 Å². The van der Waals surface area contributed by atoms with Crippen LogP contribution in [0.5, 0.6) is 0 Å². The first kappa shape index (κ1) is 31.8. The molecule has 13 nitrogen and oxygen atoms in total. The second-order valence-corrected chi connectivity index (χ2v) is 7.23. The maximum atomic E-state index is 11.8. The molecule has 0 bridgehead atoms. The first-order valence-corrected chi connectivity index (χ1v) is 12.1. The highest BCUT2D eigenvalue weighted by Crippen LogP contribution is 2.11. The summed E-state index contributed by atoms with van der Waals surface area (Å²) in [5.41, 5.74) is 0. The zero-order valence-electron chi connectivity index (χ0n) is 21.2. The minimum atomic E-state index is -0.775. The highest BCUT2D eigenvalue weighted by molar-refractivity contribution is 5.86. The van der Waals surface area contributed by atoms with E-state index in [0.717, 1.165) is 32.1 Å². The highest BCUT2D eigenvalue weighted by Gasteiger charge is 2.15. The van der Waals surface area contributed by atoms with Crippen molar-refractivity contribution < 1.29 is 33.7 Å². The average molecular weight is 501 g/mol. The number of nitrogens with one attached hydrogen (secondary N) is 3. The van der Waals surface area contributed by atoms with Gasteiger partial charge >= 0.3 is 18.3 Å². The molecule has 0 saturated carbocycles. The molecule has 13 heteroatoms. The minimum Gasteiger partial charge on any atom is -0.449 e. The fourth-order valence-corrected chi connectivity index (χ4v) is 2.01. The molecule has 0 saturated heterocycles. The Kier molecular flexibility index (Phi) is 19.4. The molecule has 0 fully saturated rings. The lowest BCUT2D eigenvalue weighted by Crippen LogP contribution is -2.22. The van der Waals surface area contributed by atoms with Crippen LogP contribution in [-0.2, 0) is 14.2 Å². The van der Waals surface area contributed by atoms with Gasteiger partial charge in [-0.25, -0.2) is 14.4 Å². The Balaban J connectivity index is 0.00000209. The molecule has 35 heavy (non-hydrogen) atoms. The van der Waals surface area contributed by atoms with Crippen LogP contribution in [0.2, 0.25) is 0 Å². The molecule has 0 aliphatic heterocycles. The standard InChI is InChI=1S/C18H30N6O6.C4H10O/c1-4-7-10-28-16(25)22-13-19-14(23-17(26)29-11-8-5-2)21-15(20-13)24-18(27)30-12-9-6-3;1-2-3-4-5/h4-12H2,1-3H3,(H3,19,20,21,22,23,24,25,26,27);5H,2-4H2,1H3. The summed E-state index contributed by atoms with van der Waals surface area (Å²) in [6, 6.07) is 0. The van der Waals surface area contributed by atoms with E-state index in [0.29, 0.717) is 25.9 Å². The predicted octanol–water partition coefficient (Wildman–Crippen LogP) is 4.70. The Morgan fingerprint density at radius 1 is 0.600 bits per heavy atom. The SMILES string of the molecule is CCCCO.CCCCOC(=O)Nc1nc(NC(=O)OCCCC)nc(NC(=O)OCCCC)n1. The molecular weight excluding hydrogens is 460 g/mol. The van der Waals surface area contributed by atoms with Gasteiger partial charge in [-0.3, -0.25) is 16.0 Å². The molecule has 0 radical (unpaired) electrons. The summed E-state index contributed by atoms with van der Waals surface area (Å²) in [5.74, 6) is -0.669. The molecule has 3 amide bonds. The van der Waals surface area contributed by atoms with Crippen molar-refractivity contribution in [3.05, 3.63) is 0 Å². The molecule has 200 valence electrons. The van der Waals surface area contributed by atoms with E-state index < -0.39 is 18.3 Å². The van der Waals surface area contributed by atoms with Crippen LogP contribution in [-0.4, -0.2) is 64.8 Å². The molecule has 0 aliphatic rings. The summed E-state index contributed by atoms with van der Waals surface area (Å²) in [6.45, 7) is 8.98. The van der Waals surface area contributed by atoms with Crippen LogP contribution in [0.4, 0.5) is 32.2 Å². The van der Waals surface area contributed by atoms with Crippen LogP contribution in [0.15, 0.2) is 0 Å². The number of anilines is 3. The molecule has 1 aromatic rings. The van der Waals surface area contributed by atoms with E-state index in [1.807, 2.05) is 20.8 Å². The summed E-state index contributed by atoms with van der Waals surface area (Å²) >= 11 is 0. The number of rotatable bonds is 14. The van der Waals surface area contributed by atoms with Crippen molar-refractivity contribution in [2.24, 2.45) is 0 Å². The summed E-state index contributed by atoms with van der Waals surface area (Å²) in [7, 11) is 0. The lowest BCUT2D eigenvalue weighted by molar-refractivity contribution is 0.159. The van der Waals surface area contributed by atoms with Crippen LogP contribution in [0.25, 0.3) is 0 Å². The number of aliphatic hydroxyl groups excluding tert-OH is 1. The van der Waals surface area contributed by atoms with E-state index in [1.54, 1.807) is 0 Å². The lowest BCUT2D eigenvalue weighted by Gasteiger charge is -2.10. The van der Waals surface area contributed by atoms with E-state index in [9.17, 15) is 14.4 Å². The number of unbranched alkanes of at least 4 members (excludes halogenated alkanes) is 4. The van der Waals surface area contributed by atoms with Gasteiger partial charge < -0.3 is 19.3 Å². The van der Waals surface area contributed by atoms with Gasteiger partial charge in [-0.05, 0) is 25.7 Å². The van der Waals surface area contributed by atoms with Crippen molar-refractivity contribution in [1.29, 1.82) is 0 Å². The van der Waals surface area contributed by atoms with Gasteiger partial charge in [-0.2, -0.15) is 15.0 Å². The Morgan fingerprint density at radius 3 is 1.09 bits per heavy atom. The number of amides is 3. The number of carbonyl (C=O) groups excluding carboxylic acids is 3. The van der Waals surface area contributed by atoms with E-state index in [2.05, 4.69) is 37.8 Å². The van der Waals surface area contributed by atoms with Gasteiger partial charge in [0.05, 0.1) is 19.8 Å². The Hall–Kier alpha value is -3.22. The van der Waals surface area contributed by atoms with Crippen molar-refractivity contribution in [1.82, 2.24) is 15.0 Å². The van der Waals surface area contributed by atoms with Crippen molar-refractivity contribution >= 4 is 36.1 Å². The maximum Gasteiger partial charge on any atom is 0.414 e. The Labute approximate surface area is 206 Å². The van der Waals surface area contributed by atoms with E-state index in [-0.39, 0.29) is 37.7 Å². The first-order chi connectivity index (χ1) is 16.9. The van der Waals surface area contributed by atoms with Crippen molar-refractivity contribution in [2.45, 2.75) is 79.1 Å². The van der Waals surface area contributed by atoms with Gasteiger partial charge in [0.2, 0.25) is 17.8 Å². The smallest absolute Gasteiger partial charge is 0.414 e. The fraction of sp³-hybridized carbons (Fsp3) is 0.727. The van der Waals surface area contributed by atoms with E-state index in [1.165, 1.54) is 0 Å². The van der Waals surface area contributed by atoms with Gasteiger partial charge in [0.1, 0.15) is 0 Å². The summed E-state index contributed by atoms with van der Waals surface area (Å²) in [5, 5.41) is 15.0. The first-order valence-electron chi connectivity index (χ1n) is 12.1. The topological polar surface area (TPSA) is 174 Å². The number of hydrogen-bond donors (Lipinski definition) is 4. The third-order valence-corrected chi connectivity index (χ3v) is 3.98. The molecule has 1 rings (SSSR count). The average Bonchev–Trinajstić information content (AvgIpc) is 2.80. The number of carbonyl (C=O) groups is 3. The van der Waals surface area contributed by atoms with Gasteiger partial charge in [-0.15, -0.1) is 0 Å². The minimum absolute atomic E-state index is 0.223. The molecule has 0 spiro atoms. The number of nitrogens with zero attached hydrogens (tertiary/aromatic N) is 3. The third kappa shape index (κ3) is 17.9. The summed E-state index contributed by atoms with van der Waals surface area (Å²) in [6.07, 6.45) is 4.42. The Bertz CT molecular complexity index is 631. The predicted molar refractivity (Wildman–Crippen MR) is 131 cm³/mol. The zero-order valence-corrected chi connectivity index (χ0v) is 21.2. The second kappa shape index (κ2) is 21.3. The molecule has 4 N–H and O–H groups in total. The third-order valence-electron chi connectivity index (χ3n) is 3.98. The molecule has 0 unspecified atom stereocenters. The molecule has 0 aliphatic carbocycles. The zero-order chi connectivity index (χ0) is 26.3. The summed E-state index contributed by atoms with van der Waals surface area (Å²) < 4.78 is 15.0. The number of ether oxygens (including phenoxy) is 3. The van der Waals surface area contributed by atoms with E-state index in [4.69, 9.17) is 19.3 Å². The lowest BCUT2D eigenvalue weighted by atomic mass is 10.4. The maximum absolute atomic E-state index is 11.8. The van der Waals surface area contributed by atoms with Gasteiger partial charge in [-0.1, -0.05) is 53.4 Å². The summed E-state index contributed by atoms with van der Waals surface area (Å²) in [4.78, 5) is 47.3. The quantitative estimate of drug-likeness (QED) is 0.207. The van der Waals surface area contributed by atoms with Crippen LogP contribution in [0.3, 0.4) is 0 Å². The molecule has 1 aromatic heterocycles. The van der Waals surface area contributed by atoms with Crippen LogP contribution in [0, 0.1) is 0 Å². The monoisotopic (exact) mass is 500 g/mol. The normalized spacial score (nSPS) is 9.86. The van der Waals surface area contributed by atoms with Crippen LogP contribution < -0.4 is 16.0 Å². The van der Waals surface area contributed by atoms with Gasteiger partial charge in [0.25, 0.3) is 0 Å². The van der Waals surface area contributed by atoms with Crippen molar-refractivity contribution in [3.8, 4) is 0 Å². The second-order valence-electron chi connectivity index (χ2n) is 7.23. The molecular formula is C22H40N6O7. The van der Waals surface area contributed by atoms with E-state index >= 15 is 0 Å². The molecule has 0 aromatic carbocycles. The number of hydrogen-bond acceptors (Lipinski definition) is 10. The van der Waals surface area contributed by atoms with Crippen molar-refractivity contribution in [2.75, 3.05) is 42.4 Å². The van der Waals surface area contributed by atoms with Crippen LogP contribution in [0.1, 0.15) is 79.1 Å². The van der Waals surface area contributed by atoms with Gasteiger partial charge in [0.15, 0.2) is 0 Å². The van der Waals surface area contributed by atoms with Crippen molar-refractivity contribution in [3.63, 3.8) is 0 Å². The Morgan fingerprint density at radius 2 is 0.886 bits per heavy atom. The number of aromatic nitrogens is 3. The number of aliphatic hydroxyl groups is 1.